The van der Waals surface area contributed by atoms with Crippen molar-refractivity contribution >= 4 is 17.9 Å². The van der Waals surface area contributed by atoms with Gasteiger partial charge in [-0.25, -0.2) is 4.79 Å². The summed E-state index contributed by atoms with van der Waals surface area (Å²) in [5.41, 5.74) is 0. The van der Waals surface area contributed by atoms with Crippen LogP contribution in [0.2, 0.25) is 0 Å². The molecule has 2 unspecified atom stereocenters. The minimum absolute atomic E-state index is 0.183. The van der Waals surface area contributed by atoms with Gasteiger partial charge in [-0.1, -0.05) is 247 Å². The molecule has 1 N–H and O–H groups in total. The standard InChI is InChI=1S/C63H111NO8/c1-6-8-10-12-14-16-18-20-22-24-26-27-28-29-30-31-32-33-34-35-36-38-40-42-44-46-48-50-52-54-61(66)72-59(58-71-63(62(67)68)69-56-55-64(3,4)5)57-70-60(65)53-51-49-47-45-43-41-39-37-25-23-21-19-17-15-13-11-9-7-2/h8,10,14,16,20,22,26-27,29-30,32-33,59,63H,6-7,9,11-13,15,17-19,21,23-25,28,31,34-58H2,1-5H3/p+1/b10-8-,16-14-,22-20-,27-26-,30-29-,33-32-. The van der Waals surface area contributed by atoms with Crippen LogP contribution in [0, 0.1) is 0 Å². The van der Waals surface area contributed by atoms with Crippen molar-refractivity contribution in [3.05, 3.63) is 72.9 Å². The number of quaternary nitrogens is 1. The van der Waals surface area contributed by atoms with Crippen LogP contribution in [0.3, 0.4) is 0 Å². The predicted octanol–water partition coefficient (Wildman–Crippen LogP) is 17.4. The average molecular weight is 1010 g/mol. The number of unbranched alkanes of at least 4 members (excludes halogenated alkanes) is 27. The van der Waals surface area contributed by atoms with E-state index in [2.05, 4.69) is 86.8 Å². The largest absolute Gasteiger partial charge is 0.477 e. The average Bonchev–Trinajstić information content (AvgIpc) is 3.35. The highest BCUT2D eigenvalue weighted by molar-refractivity contribution is 5.71. The smallest absolute Gasteiger partial charge is 0.361 e. The zero-order chi connectivity index (χ0) is 52.7. The van der Waals surface area contributed by atoms with Gasteiger partial charge in [0.15, 0.2) is 6.10 Å². The maximum absolute atomic E-state index is 12.9. The summed E-state index contributed by atoms with van der Waals surface area (Å²) in [6.07, 6.45) is 66.9. The van der Waals surface area contributed by atoms with Gasteiger partial charge in [-0.15, -0.1) is 0 Å². The van der Waals surface area contributed by atoms with Crippen molar-refractivity contribution in [2.24, 2.45) is 0 Å². The molecular formula is C63H112NO8+. The molecule has 0 saturated heterocycles. The molecule has 0 fully saturated rings. The Bertz CT molecular complexity index is 1410. The number of esters is 2. The van der Waals surface area contributed by atoms with Crippen molar-refractivity contribution in [1.29, 1.82) is 0 Å². The molecule has 0 radical (unpaired) electrons. The van der Waals surface area contributed by atoms with E-state index >= 15 is 0 Å². The second kappa shape index (κ2) is 54.0. The monoisotopic (exact) mass is 1010 g/mol. The van der Waals surface area contributed by atoms with E-state index in [-0.39, 0.29) is 32.2 Å². The second-order valence-corrected chi connectivity index (χ2v) is 20.9. The molecule has 0 aliphatic carbocycles. The summed E-state index contributed by atoms with van der Waals surface area (Å²) < 4.78 is 22.9. The molecular weight excluding hydrogens is 899 g/mol. The summed E-state index contributed by atoms with van der Waals surface area (Å²) in [4.78, 5) is 37.4. The van der Waals surface area contributed by atoms with Crippen molar-refractivity contribution in [2.75, 3.05) is 47.5 Å². The van der Waals surface area contributed by atoms with E-state index in [1.165, 1.54) is 135 Å². The van der Waals surface area contributed by atoms with Crippen molar-refractivity contribution < 1.29 is 42.9 Å². The molecule has 2 atom stereocenters. The molecule has 0 bridgehead atoms. The number of aliphatic carboxylic acids is 1. The highest BCUT2D eigenvalue weighted by Gasteiger charge is 2.25. The normalized spacial score (nSPS) is 13.3. The van der Waals surface area contributed by atoms with Gasteiger partial charge in [0.1, 0.15) is 13.2 Å². The maximum Gasteiger partial charge on any atom is 0.361 e. The fraction of sp³-hybridized carbons (Fsp3) is 0.762. The molecule has 0 amide bonds. The van der Waals surface area contributed by atoms with E-state index < -0.39 is 24.3 Å². The quantitative estimate of drug-likeness (QED) is 0.0211. The first-order valence-corrected chi connectivity index (χ1v) is 29.6. The Kier molecular flexibility index (Phi) is 51.6. The summed E-state index contributed by atoms with van der Waals surface area (Å²) in [5.74, 6) is -2.00. The minimum atomic E-state index is -1.51. The number of nitrogens with zero attached hydrogens (tertiary/aromatic N) is 1. The van der Waals surface area contributed by atoms with Gasteiger partial charge in [-0.3, -0.25) is 9.59 Å². The fourth-order valence-electron chi connectivity index (χ4n) is 8.19. The lowest BCUT2D eigenvalue weighted by atomic mass is 10.0. The number of likely N-dealkylation sites (N-methyl/N-ethyl adjacent to an activating group) is 1. The molecule has 0 spiro atoms. The van der Waals surface area contributed by atoms with Crippen LogP contribution in [0.15, 0.2) is 72.9 Å². The van der Waals surface area contributed by atoms with Crippen molar-refractivity contribution in [1.82, 2.24) is 0 Å². The third kappa shape index (κ3) is 54.5. The summed E-state index contributed by atoms with van der Waals surface area (Å²) in [5, 5.41) is 9.70. The van der Waals surface area contributed by atoms with Crippen LogP contribution in [0.25, 0.3) is 0 Å². The SMILES string of the molecule is CC/C=C\C/C=C\C/C=C\C/C=C\C/C=C\C/C=C\CCCCCCCCCCCCC(=O)OC(COC(=O)CCCCCCCCCCCCCCCCCCCC)COC(OCC[N+](C)(C)C)C(=O)O. The lowest BCUT2D eigenvalue weighted by Crippen LogP contribution is -2.40. The first kappa shape index (κ1) is 68.7. The Hall–Kier alpha value is -3.27. The summed E-state index contributed by atoms with van der Waals surface area (Å²) in [7, 11) is 5.97. The molecule has 0 saturated carbocycles. The Labute approximate surface area is 443 Å². The lowest BCUT2D eigenvalue weighted by molar-refractivity contribution is -0.870. The molecule has 9 nitrogen and oxygen atoms in total. The number of ether oxygens (including phenoxy) is 4. The predicted molar refractivity (Wildman–Crippen MR) is 304 cm³/mol. The van der Waals surface area contributed by atoms with Gasteiger partial charge in [-0.2, -0.15) is 0 Å². The molecule has 0 aliphatic rings. The van der Waals surface area contributed by atoms with Crippen molar-refractivity contribution in [3.63, 3.8) is 0 Å². The second-order valence-electron chi connectivity index (χ2n) is 20.9. The fourth-order valence-corrected chi connectivity index (χ4v) is 8.19. The van der Waals surface area contributed by atoms with Crippen LogP contribution in [0.4, 0.5) is 0 Å². The molecule has 72 heavy (non-hydrogen) atoms. The van der Waals surface area contributed by atoms with E-state index in [0.29, 0.717) is 23.9 Å². The first-order chi connectivity index (χ1) is 35.1. The molecule has 0 aromatic heterocycles. The third-order valence-corrected chi connectivity index (χ3v) is 12.7. The lowest BCUT2D eigenvalue weighted by Gasteiger charge is -2.25. The van der Waals surface area contributed by atoms with E-state index in [1.807, 2.05) is 21.1 Å². The number of hydrogen-bond acceptors (Lipinski definition) is 7. The molecule has 0 aromatic rings. The van der Waals surface area contributed by atoms with Crippen LogP contribution >= 0.6 is 0 Å². The van der Waals surface area contributed by atoms with Gasteiger partial charge in [0, 0.05) is 12.8 Å². The number of carbonyl (C=O) groups excluding carboxylic acids is 2. The highest BCUT2D eigenvalue weighted by Crippen LogP contribution is 2.16. The molecule has 0 aliphatic heterocycles. The number of allylic oxidation sites excluding steroid dienone is 12. The zero-order valence-electron chi connectivity index (χ0n) is 47.3. The molecule has 0 aromatic carbocycles. The van der Waals surface area contributed by atoms with E-state index in [0.717, 1.165) is 83.5 Å². The zero-order valence-corrected chi connectivity index (χ0v) is 47.3. The summed E-state index contributed by atoms with van der Waals surface area (Å²) in [6.45, 7) is 4.78. The molecule has 9 heteroatoms. The first-order valence-electron chi connectivity index (χ1n) is 29.6. The highest BCUT2D eigenvalue weighted by atomic mass is 16.7. The van der Waals surface area contributed by atoms with Crippen molar-refractivity contribution in [3.8, 4) is 0 Å². The van der Waals surface area contributed by atoms with Gasteiger partial charge in [0.2, 0.25) is 0 Å². The number of hydrogen-bond donors (Lipinski definition) is 1. The molecule has 0 heterocycles. The Balaban J connectivity index is 4.23. The Morgan fingerprint density at radius 1 is 0.431 bits per heavy atom. The van der Waals surface area contributed by atoms with E-state index in [4.69, 9.17) is 18.9 Å². The molecule has 416 valence electrons. The maximum atomic E-state index is 12.9. The van der Waals surface area contributed by atoms with Crippen LogP contribution in [0.5, 0.6) is 0 Å². The number of rotatable bonds is 54. The Morgan fingerprint density at radius 2 is 0.792 bits per heavy atom. The van der Waals surface area contributed by atoms with Crippen LogP contribution < -0.4 is 0 Å². The van der Waals surface area contributed by atoms with Crippen molar-refractivity contribution in [2.45, 2.75) is 264 Å². The van der Waals surface area contributed by atoms with Gasteiger partial charge in [-0.05, 0) is 64.2 Å². The van der Waals surface area contributed by atoms with Crippen LogP contribution in [0.1, 0.15) is 251 Å². The van der Waals surface area contributed by atoms with Crippen LogP contribution in [-0.4, -0.2) is 87.4 Å². The number of carboxylic acids is 1. The molecule has 0 rings (SSSR count). The third-order valence-electron chi connectivity index (χ3n) is 12.7. The van der Waals surface area contributed by atoms with E-state index in [9.17, 15) is 19.5 Å². The van der Waals surface area contributed by atoms with Crippen LogP contribution in [-0.2, 0) is 33.3 Å². The minimum Gasteiger partial charge on any atom is -0.477 e. The van der Waals surface area contributed by atoms with Gasteiger partial charge < -0.3 is 28.5 Å². The topological polar surface area (TPSA) is 108 Å². The summed E-state index contributed by atoms with van der Waals surface area (Å²) >= 11 is 0. The number of carbonyl (C=O) groups is 3. The van der Waals surface area contributed by atoms with Gasteiger partial charge in [0.05, 0.1) is 34.4 Å². The number of carboxylic acid groups (broad SMARTS) is 1. The van der Waals surface area contributed by atoms with E-state index in [1.54, 1.807) is 0 Å². The van der Waals surface area contributed by atoms with Gasteiger partial charge in [0.25, 0.3) is 6.29 Å². The summed E-state index contributed by atoms with van der Waals surface area (Å²) in [6, 6.07) is 0. The Morgan fingerprint density at radius 3 is 1.18 bits per heavy atom. The van der Waals surface area contributed by atoms with Gasteiger partial charge >= 0.3 is 17.9 Å².